The van der Waals surface area contributed by atoms with Crippen LogP contribution < -0.4 is 10.5 Å². The van der Waals surface area contributed by atoms with Crippen LogP contribution in [0.3, 0.4) is 0 Å². The fourth-order valence-electron chi connectivity index (χ4n) is 4.45. The van der Waals surface area contributed by atoms with E-state index in [1.165, 1.54) is 0 Å². The minimum atomic E-state index is -2.82. The number of fused-ring (bicyclic) bond motifs is 2. The van der Waals surface area contributed by atoms with Crippen LogP contribution in [0.2, 0.25) is 0 Å². The van der Waals surface area contributed by atoms with Gasteiger partial charge in [-0.05, 0) is 39.6 Å². The summed E-state index contributed by atoms with van der Waals surface area (Å²) >= 11 is 0. The van der Waals surface area contributed by atoms with Gasteiger partial charge in [0.1, 0.15) is 5.69 Å². The average molecular weight is 495 g/mol. The number of aryl methyl sites for hydroxylation is 1. The predicted octanol–water partition coefficient (Wildman–Crippen LogP) is 3.03. The van der Waals surface area contributed by atoms with Gasteiger partial charge in [-0.15, -0.1) is 5.10 Å². The smallest absolute Gasteiger partial charge is 0.280 e. The lowest BCUT2D eigenvalue weighted by Gasteiger charge is -2.31. The predicted molar refractivity (Wildman–Crippen MR) is 132 cm³/mol. The molecule has 0 N–H and O–H groups in total. The normalized spacial score (nSPS) is 13.7. The van der Waals surface area contributed by atoms with E-state index in [0.717, 1.165) is 58.0 Å². The van der Waals surface area contributed by atoms with Crippen LogP contribution in [-0.2, 0) is 19.5 Å². The maximum absolute atomic E-state index is 13.2. The summed E-state index contributed by atoms with van der Waals surface area (Å²) in [5.41, 5.74) is 4.58. The zero-order valence-electron chi connectivity index (χ0n) is 20.7. The van der Waals surface area contributed by atoms with Crippen molar-refractivity contribution in [1.82, 2.24) is 34.3 Å². The summed E-state index contributed by atoms with van der Waals surface area (Å²) in [6.07, 6.45) is 3.68. The SMILES string of the molecule is Cc1c(N2CCc3ncc(-c4cnn(CCN(C)C)c4)cc3C2)nn2c(=O)cc(C(F)F)nc2c1C. The minimum absolute atomic E-state index is 0.159. The summed E-state index contributed by atoms with van der Waals surface area (Å²) < 4.78 is 29.4. The van der Waals surface area contributed by atoms with Crippen molar-refractivity contribution in [1.29, 1.82) is 0 Å². The van der Waals surface area contributed by atoms with Crippen LogP contribution in [0.1, 0.15) is 34.5 Å². The Morgan fingerprint density at radius 3 is 2.67 bits per heavy atom. The molecule has 1 aliphatic heterocycles. The van der Waals surface area contributed by atoms with Crippen LogP contribution in [0.4, 0.5) is 14.6 Å². The number of likely N-dealkylation sites (N-methyl/N-ethyl adjacent to an activating group) is 1. The quantitative estimate of drug-likeness (QED) is 0.407. The monoisotopic (exact) mass is 494 g/mol. The molecule has 0 aliphatic carbocycles. The average Bonchev–Trinajstić information content (AvgIpc) is 3.33. The van der Waals surface area contributed by atoms with Gasteiger partial charge in [-0.3, -0.25) is 14.5 Å². The molecular weight excluding hydrogens is 466 g/mol. The first-order valence-electron chi connectivity index (χ1n) is 11.8. The van der Waals surface area contributed by atoms with Gasteiger partial charge in [0.15, 0.2) is 11.5 Å². The topological polar surface area (TPSA) is 84.5 Å². The van der Waals surface area contributed by atoms with Gasteiger partial charge >= 0.3 is 0 Å². The molecule has 0 fully saturated rings. The van der Waals surface area contributed by atoms with Crippen molar-refractivity contribution in [2.75, 3.05) is 32.1 Å². The van der Waals surface area contributed by atoms with E-state index < -0.39 is 17.7 Å². The first-order chi connectivity index (χ1) is 17.2. The molecule has 0 aromatic carbocycles. The molecule has 5 heterocycles. The molecule has 4 aromatic rings. The first-order valence-corrected chi connectivity index (χ1v) is 11.8. The van der Waals surface area contributed by atoms with Gasteiger partial charge in [-0.2, -0.15) is 9.61 Å². The number of pyridine rings is 1. The number of hydrogen-bond acceptors (Lipinski definition) is 7. The molecule has 0 saturated heterocycles. The van der Waals surface area contributed by atoms with Crippen LogP contribution in [0, 0.1) is 13.8 Å². The van der Waals surface area contributed by atoms with E-state index in [-0.39, 0.29) is 5.65 Å². The third-order valence-corrected chi connectivity index (χ3v) is 6.65. The van der Waals surface area contributed by atoms with Crippen molar-refractivity contribution in [3.63, 3.8) is 0 Å². The highest BCUT2D eigenvalue weighted by Crippen LogP contribution is 2.30. The molecule has 0 radical (unpaired) electrons. The summed E-state index contributed by atoms with van der Waals surface area (Å²) in [6, 6.07) is 2.98. The third kappa shape index (κ3) is 4.46. The highest BCUT2D eigenvalue weighted by Gasteiger charge is 2.24. The van der Waals surface area contributed by atoms with Crippen LogP contribution in [0.25, 0.3) is 16.8 Å². The third-order valence-electron chi connectivity index (χ3n) is 6.65. The number of nitrogens with zero attached hydrogens (tertiary/aromatic N) is 8. The molecule has 4 aromatic heterocycles. The Morgan fingerprint density at radius 2 is 1.92 bits per heavy atom. The maximum Gasteiger partial charge on any atom is 0.280 e. The highest BCUT2D eigenvalue weighted by atomic mass is 19.3. The standard InChI is InChI=1S/C25H28F2N8O/c1-15-16(2)25(31-35-22(36)10-21(23(26)27)30-24(15)35)33-6-5-20-18(13-33)9-17(11-28-20)19-12-29-34(14-19)8-7-32(3)4/h9-12,14,23H,5-8,13H2,1-4H3. The maximum atomic E-state index is 13.2. The van der Waals surface area contributed by atoms with Gasteiger partial charge in [0.05, 0.1) is 12.7 Å². The van der Waals surface area contributed by atoms with Crippen molar-refractivity contribution >= 4 is 11.5 Å². The summed E-state index contributed by atoms with van der Waals surface area (Å²) in [5, 5.41) is 9.01. The van der Waals surface area contributed by atoms with Gasteiger partial charge in [-0.25, -0.2) is 13.8 Å². The Bertz CT molecular complexity index is 1490. The molecule has 5 rings (SSSR count). The second-order valence-corrected chi connectivity index (χ2v) is 9.43. The van der Waals surface area contributed by atoms with Crippen molar-refractivity contribution in [2.24, 2.45) is 0 Å². The molecule has 0 unspecified atom stereocenters. The number of alkyl halides is 2. The van der Waals surface area contributed by atoms with Gasteiger partial charge in [-0.1, -0.05) is 0 Å². The van der Waals surface area contributed by atoms with Gasteiger partial charge in [0.25, 0.3) is 12.0 Å². The molecule has 11 heteroatoms. The lowest BCUT2D eigenvalue weighted by atomic mass is 10.0. The van der Waals surface area contributed by atoms with E-state index in [4.69, 9.17) is 4.98 Å². The van der Waals surface area contributed by atoms with Crippen LogP contribution in [0.5, 0.6) is 0 Å². The number of hydrogen-bond donors (Lipinski definition) is 0. The lowest BCUT2D eigenvalue weighted by molar-refractivity contribution is 0.146. The van der Waals surface area contributed by atoms with Gasteiger partial charge in [0.2, 0.25) is 0 Å². The van der Waals surface area contributed by atoms with Crippen LogP contribution in [0.15, 0.2) is 35.5 Å². The Labute approximate surface area is 207 Å². The van der Waals surface area contributed by atoms with Crippen molar-refractivity contribution in [3.05, 3.63) is 69.2 Å². The highest BCUT2D eigenvalue weighted by molar-refractivity contribution is 5.64. The van der Waals surface area contributed by atoms with Gasteiger partial charge < -0.3 is 9.80 Å². The molecule has 1 aliphatic rings. The summed E-state index contributed by atoms with van der Waals surface area (Å²) in [5.74, 6) is 0.640. The molecule has 36 heavy (non-hydrogen) atoms. The summed E-state index contributed by atoms with van der Waals surface area (Å²) in [4.78, 5) is 25.5. The number of anilines is 1. The fourth-order valence-corrected chi connectivity index (χ4v) is 4.45. The summed E-state index contributed by atoms with van der Waals surface area (Å²) in [6.45, 7) is 6.61. The number of rotatable bonds is 6. The molecule has 0 amide bonds. The molecular formula is C25H28F2N8O. The minimum Gasteiger partial charge on any atom is -0.350 e. The van der Waals surface area contributed by atoms with Crippen molar-refractivity contribution in [2.45, 2.75) is 39.8 Å². The van der Waals surface area contributed by atoms with E-state index >= 15 is 0 Å². The zero-order valence-corrected chi connectivity index (χ0v) is 20.7. The Balaban J connectivity index is 1.46. The number of aromatic nitrogens is 6. The second kappa shape index (κ2) is 9.38. The van der Waals surface area contributed by atoms with Gasteiger partial charge in [0, 0.05) is 72.5 Å². The van der Waals surface area contributed by atoms with E-state index in [1.807, 2.05) is 44.3 Å². The van der Waals surface area contributed by atoms with Crippen LogP contribution in [-0.4, -0.2) is 61.4 Å². The Kier molecular flexibility index (Phi) is 6.25. The summed E-state index contributed by atoms with van der Waals surface area (Å²) in [7, 11) is 4.06. The Hall–Kier alpha value is -3.73. The van der Waals surface area contributed by atoms with E-state index in [0.29, 0.717) is 24.5 Å². The molecule has 0 atom stereocenters. The molecule has 188 valence electrons. The fraction of sp³-hybridized carbons (Fsp3) is 0.400. The molecule has 0 saturated carbocycles. The Morgan fingerprint density at radius 1 is 1.11 bits per heavy atom. The molecule has 0 spiro atoms. The second-order valence-electron chi connectivity index (χ2n) is 9.43. The van der Waals surface area contributed by atoms with E-state index in [2.05, 4.69) is 31.0 Å². The van der Waals surface area contributed by atoms with E-state index in [1.54, 1.807) is 6.92 Å². The van der Waals surface area contributed by atoms with E-state index in [9.17, 15) is 13.6 Å². The molecule has 9 nitrogen and oxygen atoms in total. The molecule has 0 bridgehead atoms. The van der Waals surface area contributed by atoms with Crippen molar-refractivity contribution in [3.8, 4) is 11.1 Å². The van der Waals surface area contributed by atoms with Crippen LogP contribution >= 0.6 is 0 Å². The largest absolute Gasteiger partial charge is 0.350 e. The number of halogens is 2. The lowest BCUT2D eigenvalue weighted by Crippen LogP contribution is -2.34. The zero-order chi connectivity index (χ0) is 25.6. The van der Waals surface area contributed by atoms with Crippen molar-refractivity contribution < 1.29 is 8.78 Å². The first kappa shape index (κ1) is 24.0.